The van der Waals surface area contributed by atoms with Gasteiger partial charge in [0.15, 0.2) is 23.9 Å². The molecular weight excluding hydrogens is 402 g/mol. The van der Waals surface area contributed by atoms with Crippen LogP contribution in [0.3, 0.4) is 0 Å². The number of amides is 1. The van der Waals surface area contributed by atoms with Gasteiger partial charge in [-0.1, -0.05) is 12.1 Å². The average molecular weight is 421 g/mol. The molecule has 0 fully saturated rings. The lowest BCUT2D eigenvalue weighted by atomic mass is 10.2. The number of hydrogen-bond acceptors (Lipinski definition) is 8. The number of rotatable bonds is 8. The standard InChI is InChI=1S/C19H19NO8S/c1-12(21)13-5-4-6-15(9-13)29(24,25)20-19(23)14-7-8-16(26-2)17(10-14)28-11-18(22)27-3/h4-10H,11H2,1-3H3,(H,20,23). The molecule has 0 spiro atoms. The Labute approximate surface area is 167 Å². The normalized spacial score (nSPS) is 10.7. The van der Waals surface area contributed by atoms with Crippen molar-refractivity contribution in [2.45, 2.75) is 11.8 Å². The molecule has 0 aromatic heterocycles. The third kappa shape index (κ3) is 5.55. The Morgan fingerprint density at radius 1 is 0.966 bits per heavy atom. The van der Waals surface area contributed by atoms with Crippen LogP contribution in [0.5, 0.6) is 11.5 Å². The Kier molecular flexibility index (Phi) is 6.94. The molecule has 1 N–H and O–H groups in total. The summed E-state index contributed by atoms with van der Waals surface area (Å²) in [6.07, 6.45) is 0. The maximum atomic E-state index is 12.5. The molecule has 0 radical (unpaired) electrons. The zero-order valence-electron chi connectivity index (χ0n) is 15.9. The first-order chi connectivity index (χ1) is 13.7. The molecular formula is C19H19NO8S. The van der Waals surface area contributed by atoms with Gasteiger partial charge in [0.1, 0.15) is 0 Å². The summed E-state index contributed by atoms with van der Waals surface area (Å²) in [4.78, 5) is 34.9. The van der Waals surface area contributed by atoms with Gasteiger partial charge in [-0.3, -0.25) is 9.59 Å². The number of sulfonamides is 1. The number of carbonyl (C=O) groups excluding carboxylic acids is 3. The number of carbonyl (C=O) groups is 3. The maximum absolute atomic E-state index is 12.5. The van der Waals surface area contributed by atoms with Crippen molar-refractivity contribution in [2.75, 3.05) is 20.8 Å². The molecule has 0 bridgehead atoms. The van der Waals surface area contributed by atoms with Crippen molar-refractivity contribution in [1.29, 1.82) is 0 Å². The number of ketones is 1. The van der Waals surface area contributed by atoms with Gasteiger partial charge in [-0.15, -0.1) is 0 Å². The van der Waals surface area contributed by atoms with E-state index < -0.39 is 28.5 Å². The second-order valence-corrected chi connectivity index (χ2v) is 7.43. The zero-order valence-corrected chi connectivity index (χ0v) is 16.7. The fourth-order valence-electron chi connectivity index (χ4n) is 2.25. The van der Waals surface area contributed by atoms with Crippen LogP contribution < -0.4 is 14.2 Å². The molecule has 9 nitrogen and oxygen atoms in total. The fraction of sp³-hybridized carbons (Fsp3) is 0.211. The predicted molar refractivity (Wildman–Crippen MR) is 102 cm³/mol. The number of hydrogen-bond donors (Lipinski definition) is 1. The Morgan fingerprint density at radius 3 is 2.31 bits per heavy atom. The quantitative estimate of drug-likeness (QED) is 0.503. The lowest BCUT2D eigenvalue weighted by Gasteiger charge is -2.12. The molecule has 0 unspecified atom stereocenters. The summed E-state index contributed by atoms with van der Waals surface area (Å²) in [5, 5.41) is 0. The smallest absolute Gasteiger partial charge is 0.343 e. The molecule has 0 aliphatic rings. The number of methoxy groups -OCH3 is 2. The highest BCUT2D eigenvalue weighted by atomic mass is 32.2. The topological polar surface area (TPSA) is 125 Å². The van der Waals surface area contributed by atoms with Crippen LogP contribution in [0.2, 0.25) is 0 Å². The van der Waals surface area contributed by atoms with Crippen LogP contribution >= 0.6 is 0 Å². The van der Waals surface area contributed by atoms with Gasteiger partial charge in [0.05, 0.1) is 19.1 Å². The zero-order chi connectivity index (χ0) is 21.6. The average Bonchev–Trinajstić information content (AvgIpc) is 2.71. The Hall–Kier alpha value is -3.40. The molecule has 154 valence electrons. The van der Waals surface area contributed by atoms with Gasteiger partial charge in [-0.2, -0.15) is 0 Å². The second kappa shape index (κ2) is 9.20. The highest BCUT2D eigenvalue weighted by Gasteiger charge is 2.21. The highest BCUT2D eigenvalue weighted by molar-refractivity contribution is 7.90. The van der Waals surface area contributed by atoms with Crippen LogP contribution in [0.25, 0.3) is 0 Å². The number of benzene rings is 2. The Balaban J connectivity index is 2.26. The highest BCUT2D eigenvalue weighted by Crippen LogP contribution is 2.28. The van der Waals surface area contributed by atoms with Crippen LogP contribution in [-0.2, 0) is 19.6 Å². The molecule has 2 aromatic carbocycles. The lowest BCUT2D eigenvalue weighted by Crippen LogP contribution is -2.30. The molecule has 0 heterocycles. The SMILES string of the molecule is COC(=O)COc1cc(C(=O)NS(=O)(=O)c2cccc(C(C)=O)c2)ccc1OC. The third-order valence-electron chi connectivity index (χ3n) is 3.78. The lowest BCUT2D eigenvalue weighted by molar-refractivity contribution is -0.142. The summed E-state index contributed by atoms with van der Waals surface area (Å²) in [6.45, 7) is 0.881. The van der Waals surface area contributed by atoms with E-state index in [-0.39, 0.29) is 33.3 Å². The monoisotopic (exact) mass is 421 g/mol. The van der Waals surface area contributed by atoms with E-state index >= 15 is 0 Å². The van der Waals surface area contributed by atoms with Gasteiger partial charge < -0.3 is 14.2 Å². The summed E-state index contributed by atoms with van der Waals surface area (Å²) in [6, 6.07) is 9.28. The largest absolute Gasteiger partial charge is 0.493 e. The summed E-state index contributed by atoms with van der Waals surface area (Å²) < 4.78 is 41.7. The molecule has 0 atom stereocenters. The maximum Gasteiger partial charge on any atom is 0.343 e. The van der Waals surface area contributed by atoms with Gasteiger partial charge in [0.2, 0.25) is 0 Å². The third-order valence-corrected chi connectivity index (χ3v) is 5.11. The van der Waals surface area contributed by atoms with E-state index in [9.17, 15) is 22.8 Å². The van der Waals surface area contributed by atoms with Gasteiger partial charge in [0, 0.05) is 11.1 Å². The van der Waals surface area contributed by atoms with Crippen LogP contribution in [-0.4, -0.2) is 46.9 Å². The van der Waals surface area contributed by atoms with Crippen LogP contribution in [0.4, 0.5) is 0 Å². The molecule has 0 saturated carbocycles. The predicted octanol–water partition coefficient (Wildman–Crippen LogP) is 1.57. The minimum Gasteiger partial charge on any atom is -0.493 e. The van der Waals surface area contributed by atoms with E-state index in [1.165, 1.54) is 63.6 Å². The van der Waals surface area contributed by atoms with E-state index in [1.54, 1.807) is 0 Å². The number of nitrogens with one attached hydrogen (secondary N) is 1. The van der Waals surface area contributed by atoms with Gasteiger partial charge >= 0.3 is 5.97 Å². The molecule has 10 heteroatoms. The summed E-state index contributed by atoms with van der Waals surface area (Å²) in [7, 11) is -1.66. The number of Topliss-reactive ketones (excluding diaryl/α,β-unsaturated/α-hetero) is 1. The van der Waals surface area contributed by atoms with Crippen LogP contribution in [0, 0.1) is 0 Å². The Bertz CT molecular complexity index is 1050. The first-order valence-corrected chi connectivity index (χ1v) is 9.72. The minimum absolute atomic E-state index is 0.0445. The van der Waals surface area contributed by atoms with Gasteiger partial charge in [-0.05, 0) is 37.3 Å². The summed E-state index contributed by atoms with van der Waals surface area (Å²) in [5.41, 5.74) is 0.153. The van der Waals surface area contributed by atoms with Crippen molar-refractivity contribution < 1.29 is 37.0 Å². The number of ether oxygens (including phenoxy) is 3. The van der Waals surface area contributed by atoms with Crippen LogP contribution in [0.1, 0.15) is 27.6 Å². The van der Waals surface area contributed by atoms with Crippen LogP contribution in [0.15, 0.2) is 47.4 Å². The van der Waals surface area contributed by atoms with Crippen molar-refractivity contribution in [3.05, 3.63) is 53.6 Å². The van der Waals surface area contributed by atoms with E-state index in [1.807, 2.05) is 4.72 Å². The van der Waals surface area contributed by atoms with Crippen molar-refractivity contribution >= 4 is 27.7 Å². The Morgan fingerprint density at radius 2 is 1.69 bits per heavy atom. The molecule has 2 rings (SSSR count). The molecule has 0 aliphatic heterocycles. The van der Waals surface area contributed by atoms with Gasteiger partial charge in [0.25, 0.3) is 15.9 Å². The van der Waals surface area contributed by atoms with Crippen molar-refractivity contribution in [1.82, 2.24) is 4.72 Å². The van der Waals surface area contributed by atoms with Crippen molar-refractivity contribution in [2.24, 2.45) is 0 Å². The molecule has 0 saturated heterocycles. The first-order valence-electron chi connectivity index (χ1n) is 8.23. The fourth-order valence-corrected chi connectivity index (χ4v) is 3.27. The molecule has 1 amide bonds. The molecule has 2 aromatic rings. The van der Waals surface area contributed by atoms with E-state index in [4.69, 9.17) is 9.47 Å². The summed E-state index contributed by atoms with van der Waals surface area (Å²) in [5.74, 6) is -1.58. The van der Waals surface area contributed by atoms with Gasteiger partial charge in [-0.25, -0.2) is 17.9 Å². The number of esters is 1. The second-order valence-electron chi connectivity index (χ2n) is 5.75. The van der Waals surface area contributed by atoms with E-state index in [2.05, 4.69) is 4.74 Å². The van der Waals surface area contributed by atoms with Crippen molar-refractivity contribution in [3.63, 3.8) is 0 Å². The van der Waals surface area contributed by atoms with E-state index in [0.29, 0.717) is 0 Å². The molecule has 29 heavy (non-hydrogen) atoms. The van der Waals surface area contributed by atoms with Crippen molar-refractivity contribution in [3.8, 4) is 11.5 Å². The summed E-state index contributed by atoms with van der Waals surface area (Å²) >= 11 is 0. The molecule has 0 aliphatic carbocycles. The first kappa shape index (κ1) is 21.9. The van der Waals surface area contributed by atoms with E-state index in [0.717, 1.165) is 0 Å². The minimum atomic E-state index is -4.22.